The predicted molar refractivity (Wildman–Crippen MR) is 93.3 cm³/mol. The lowest BCUT2D eigenvalue weighted by Crippen LogP contribution is -2.11. The summed E-state index contributed by atoms with van der Waals surface area (Å²) in [5, 5.41) is 0. The van der Waals surface area contributed by atoms with Crippen molar-refractivity contribution in [3.8, 4) is 17.2 Å². The SMILES string of the molecule is COc1cc(Br)c(OC)c(C(=O)PC2CCCCC2)c1OC. The molecule has 1 aromatic carbocycles. The molecule has 1 aliphatic rings. The standard InChI is InChI=1S/C16H22BrO4P/c1-19-12-9-11(17)14(20-2)13(15(12)21-3)16(18)22-10-7-5-4-6-8-10/h9-10,22H,4-8H2,1-3H3. The third kappa shape index (κ3) is 3.75. The van der Waals surface area contributed by atoms with E-state index in [2.05, 4.69) is 15.9 Å². The highest BCUT2D eigenvalue weighted by Crippen LogP contribution is 2.47. The molecule has 1 aromatic rings. The highest BCUT2D eigenvalue weighted by molar-refractivity contribution is 9.10. The number of hydrogen-bond acceptors (Lipinski definition) is 4. The molecule has 2 rings (SSSR count). The topological polar surface area (TPSA) is 44.8 Å². The van der Waals surface area contributed by atoms with Crippen LogP contribution in [0.3, 0.4) is 0 Å². The van der Waals surface area contributed by atoms with Crippen molar-refractivity contribution in [2.24, 2.45) is 0 Å². The summed E-state index contributed by atoms with van der Waals surface area (Å²) in [4.78, 5) is 12.9. The molecule has 0 aliphatic heterocycles. The van der Waals surface area contributed by atoms with E-state index in [0.29, 0.717) is 32.9 Å². The predicted octanol–water partition coefficient (Wildman–Crippen LogP) is 4.63. The number of methoxy groups -OCH3 is 3. The molecule has 1 unspecified atom stereocenters. The average molecular weight is 389 g/mol. The van der Waals surface area contributed by atoms with Crippen LogP contribution in [0.2, 0.25) is 0 Å². The van der Waals surface area contributed by atoms with Crippen LogP contribution in [0.5, 0.6) is 17.2 Å². The van der Waals surface area contributed by atoms with Gasteiger partial charge in [-0.15, -0.1) is 0 Å². The Bertz CT molecular complexity index is 541. The maximum atomic E-state index is 12.9. The zero-order valence-electron chi connectivity index (χ0n) is 13.2. The lowest BCUT2D eigenvalue weighted by atomic mass is 10.0. The molecule has 0 N–H and O–H groups in total. The van der Waals surface area contributed by atoms with Gasteiger partial charge in [0, 0.05) is 6.07 Å². The summed E-state index contributed by atoms with van der Waals surface area (Å²) in [5.41, 5.74) is 1.06. The summed E-state index contributed by atoms with van der Waals surface area (Å²) < 4.78 is 16.9. The van der Waals surface area contributed by atoms with Crippen molar-refractivity contribution in [2.45, 2.75) is 37.8 Å². The molecule has 1 saturated carbocycles. The van der Waals surface area contributed by atoms with E-state index in [0.717, 1.165) is 12.8 Å². The van der Waals surface area contributed by atoms with E-state index in [4.69, 9.17) is 14.2 Å². The molecule has 0 saturated heterocycles. The first-order valence-electron chi connectivity index (χ1n) is 7.41. The minimum Gasteiger partial charge on any atom is -0.495 e. The summed E-state index contributed by atoms with van der Waals surface area (Å²) in [7, 11) is 4.92. The molecule has 122 valence electrons. The molecule has 0 amide bonds. The largest absolute Gasteiger partial charge is 0.495 e. The molecule has 22 heavy (non-hydrogen) atoms. The van der Waals surface area contributed by atoms with Gasteiger partial charge in [-0.3, -0.25) is 4.79 Å². The van der Waals surface area contributed by atoms with Crippen LogP contribution < -0.4 is 14.2 Å². The van der Waals surface area contributed by atoms with Crippen LogP contribution in [-0.4, -0.2) is 32.5 Å². The molecule has 0 radical (unpaired) electrons. The lowest BCUT2D eigenvalue weighted by Gasteiger charge is -2.22. The van der Waals surface area contributed by atoms with Gasteiger partial charge in [-0.2, -0.15) is 0 Å². The van der Waals surface area contributed by atoms with Crippen molar-refractivity contribution in [1.29, 1.82) is 0 Å². The van der Waals surface area contributed by atoms with E-state index >= 15 is 0 Å². The van der Waals surface area contributed by atoms with Gasteiger partial charge in [-0.25, -0.2) is 0 Å². The molecule has 1 aliphatic carbocycles. The molecule has 0 spiro atoms. The van der Waals surface area contributed by atoms with E-state index in [1.807, 2.05) is 0 Å². The Morgan fingerprint density at radius 1 is 1.09 bits per heavy atom. The molecule has 4 nitrogen and oxygen atoms in total. The van der Waals surface area contributed by atoms with Gasteiger partial charge >= 0.3 is 0 Å². The van der Waals surface area contributed by atoms with E-state index in [1.165, 1.54) is 19.3 Å². The van der Waals surface area contributed by atoms with Crippen LogP contribution in [0.15, 0.2) is 10.5 Å². The molecule has 6 heteroatoms. The van der Waals surface area contributed by atoms with Gasteiger partial charge < -0.3 is 14.2 Å². The molecule has 0 heterocycles. The fourth-order valence-corrected chi connectivity index (χ4v) is 4.86. The number of carbonyl (C=O) groups is 1. The summed E-state index contributed by atoms with van der Waals surface area (Å²) >= 11 is 3.45. The van der Waals surface area contributed by atoms with Crippen LogP contribution in [-0.2, 0) is 0 Å². The monoisotopic (exact) mass is 388 g/mol. The smallest absolute Gasteiger partial charge is 0.189 e. The number of rotatable bonds is 6. The second kappa shape index (κ2) is 8.16. The van der Waals surface area contributed by atoms with Gasteiger partial charge in [-0.1, -0.05) is 19.3 Å². The molecular formula is C16H22BrO4P. The zero-order chi connectivity index (χ0) is 16.1. The molecule has 1 atom stereocenters. The average Bonchev–Trinajstić information content (AvgIpc) is 2.54. The van der Waals surface area contributed by atoms with E-state index < -0.39 is 0 Å². The second-order valence-electron chi connectivity index (χ2n) is 5.31. The van der Waals surface area contributed by atoms with Crippen molar-refractivity contribution < 1.29 is 19.0 Å². The maximum absolute atomic E-state index is 12.9. The minimum atomic E-state index is 0.0835. The van der Waals surface area contributed by atoms with Gasteiger partial charge in [0.15, 0.2) is 17.0 Å². The Labute approximate surface area is 141 Å². The quantitative estimate of drug-likeness (QED) is 0.666. The lowest BCUT2D eigenvalue weighted by molar-refractivity contribution is 0.107. The van der Waals surface area contributed by atoms with Crippen molar-refractivity contribution >= 4 is 30.0 Å². The minimum absolute atomic E-state index is 0.0835. The number of benzene rings is 1. The van der Waals surface area contributed by atoms with Crippen molar-refractivity contribution in [1.82, 2.24) is 0 Å². The molecule has 0 bridgehead atoms. The first-order valence-corrected chi connectivity index (χ1v) is 9.28. The van der Waals surface area contributed by atoms with Crippen LogP contribution in [0, 0.1) is 0 Å². The molecule has 0 aromatic heterocycles. The van der Waals surface area contributed by atoms with Gasteiger partial charge in [0.2, 0.25) is 0 Å². The third-order valence-corrected chi connectivity index (χ3v) is 6.04. The Balaban J connectivity index is 2.37. The summed E-state index contributed by atoms with van der Waals surface area (Å²) in [6.45, 7) is 0. The molecular weight excluding hydrogens is 367 g/mol. The number of halogens is 1. The zero-order valence-corrected chi connectivity index (χ0v) is 15.8. The van der Waals surface area contributed by atoms with Gasteiger partial charge in [0.25, 0.3) is 0 Å². The van der Waals surface area contributed by atoms with Crippen molar-refractivity contribution in [3.05, 3.63) is 16.1 Å². The maximum Gasteiger partial charge on any atom is 0.189 e. The number of carbonyl (C=O) groups excluding carboxylic acids is 1. The Morgan fingerprint density at radius 2 is 1.73 bits per heavy atom. The van der Waals surface area contributed by atoms with Gasteiger partial charge in [0.05, 0.1) is 25.8 Å². The molecule has 1 fully saturated rings. The fraction of sp³-hybridized carbons (Fsp3) is 0.562. The normalized spacial score (nSPS) is 16.0. The van der Waals surface area contributed by atoms with Crippen LogP contribution >= 0.6 is 24.5 Å². The summed E-state index contributed by atoms with van der Waals surface area (Å²) in [5.74, 6) is 1.51. The highest BCUT2D eigenvalue weighted by atomic mass is 79.9. The highest BCUT2D eigenvalue weighted by Gasteiger charge is 2.27. The first-order chi connectivity index (χ1) is 10.6. The van der Waals surface area contributed by atoms with Crippen molar-refractivity contribution in [3.63, 3.8) is 0 Å². The van der Waals surface area contributed by atoms with Crippen LogP contribution in [0.25, 0.3) is 0 Å². The fourth-order valence-electron chi connectivity index (χ4n) is 2.86. The van der Waals surface area contributed by atoms with Crippen molar-refractivity contribution in [2.75, 3.05) is 21.3 Å². The number of ether oxygens (including phenoxy) is 3. The van der Waals surface area contributed by atoms with E-state index in [1.54, 1.807) is 27.4 Å². The van der Waals surface area contributed by atoms with Crippen LogP contribution in [0.4, 0.5) is 0 Å². The Hall–Kier alpha value is -0.800. The first kappa shape index (κ1) is 17.6. The van der Waals surface area contributed by atoms with Crippen LogP contribution in [0.1, 0.15) is 42.5 Å². The van der Waals surface area contributed by atoms with E-state index in [9.17, 15) is 4.79 Å². The summed E-state index contributed by atoms with van der Waals surface area (Å²) in [6, 6.07) is 1.76. The van der Waals surface area contributed by atoms with Gasteiger partial charge in [0.1, 0.15) is 11.3 Å². The Morgan fingerprint density at radius 3 is 2.27 bits per heavy atom. The third-order valence-electron chi connectivity index (χ3n) is 3.95. The van der Waals surface area contributed by atoms with E-state index in [-0.39, 0.29) is 14.1 Å². The van der Waals surface area contributed by atoms with Gasteiger partial charge in [-0.05, 0) is 43.0 Å². The number of hydrogen-bond donors (Lipinski definition) is 0. The summed E-state index contributed by atoms with van der Waals surface area (Å²) in [6.07, 6.45) is 6.01. The second-order valence-corrected chi connectivity index (χ2v) is 7.72. The Kier molecular flexibility index (Phi) is 6.51.